The second-order valence-corrected chi connectivity index (χ2v) is 9.35. The van der Waals surface area contributed by atoms with Gasteiger partial charge in [-0.15, -0.1) is 0 Å². The quantitative estimate of drug-likeness (QED) is 0.0677. The second-order valence-electron chi connectivity index (χ2n) is 9.35. The maximum Gasteiger partial charge on any atom is 0.346 e. The van der Waals surface area contributed by atoms with E-state index in [9.17, 15) is 38.7 Å². The van der Waals surface area contributed by atoms with E-state index in [2.05, 4.69) is 9.47 Å². The summed E-state index contributed by atoms with van der Waals surface area (Å²) < 4.78 is 14.4. The first-order valence-corrected chi connectivity index (χ1v) is 13.6. The van der Waals surface area contributed by atoms with Crippen molar-refractivity contribution in [2.75, 3.05) is 6.61 Å². The monoisotopic (exact) mass is 626 g/mol. The molecule has 0 bridgehead atoms. The molecular formula is C29H38O15. The number of aliphatic hydroxyl groups excluding tert-OH is 2. The minimum absolute atomic E-state index is 0.110. The third-order valence-electron chi connectivity index (χ3n) is 5.34. The van der Waals surface area contributed by atoms with E-state index in [1.54, 1.807) is 13.8 Å². The molecule has 0 heterocycles. The van der Waals surface area contributed by atoms with Crippen molar-refractivity contribution < 1.29 is 73.3 Å². The average molecular weight is 627 g/mol. The molecule has 44 heavy (non-hydrogen) atoms. The van der Waals surface area contributed by atoms with Gasteiger partial charge in [-0.3, -0.25) is 19.2 Å². The number of carbonyl (C=O) groups is 7. The molecular weight excluding hydrogens is 588 g/mol. The fourth-order valence-corrected chi connectivity index (χ4v) is 3.08. The highest BCUT2D eigenvalue weighted by Crippen LogP contribution is 2.14. The van der Waals surface area contributed by atoms with Crippen LogP contribution in [0.1, 0.15) is 85.9 Å². The number of esters is 4. The van der Waals surface area contributed by atoms with Crippen LogP contribution >= 0.6 is 0 Å². The third kappa shape index (κ3) is 19.6. The molecule has 15 nitrogen and oxygen atoms in total. The van der Waals surface area contributed by atoms with Crippen LogP contribution in [0.25, 0.3) is 0 Å². The van der Waals surface area contributed by atoms with Crippen LogP contribution in [0.3, 0.4) is 0 Å². The van der Waals surface area contributed by atoms with Gasteiger partial charge < -0.3 is 39.7 Å². The highest BCUT2D eigenvalue weighted by atomic mass is 16.6. The van der Waals surface area contributed by atoms with E-state index in [4.69, 9.17) is 25.2 Å². The number of carboxylic acid groups (broad SMARTS) is 3. The number of hydrogen-bond donors (Lipinski definition) is 5. The molecule has 0 spiro atoms. The standard InChI is InChI=1S/C20H22O10.C9H16O5/c21-15(22)9-3-5-11-17(25)29-19(27)13-7-1-2-8-14(13)20(28)30-18(26)12-6-4-10-16(23)24;1-6(10)5-14-7(2)8(11)3-4-9(12)13/h1-2,7-8H,3-6,9-12H2,(H,21,22)(H,23,24);3-4,6-8,10-11H,5H2,1-2H3,(H,12,13). The zero-order valence-corrected chi connectivity index (χ0v) is 24.4. The molecule has 0 fully saturated rings. The molecule has 0 saturated carbocycles. The van der Waals surface area contributed by atoms with Crippen molar-refractivity contribution in [3.8, 4) is 0 Å². The molecule has 3 unspecified atom stereocenters. The van der Waals surface area contributed by atoms with Crippen molar-refractivity contribution in [2.24, 2.45) is 0 Å². The van der Waals surface area contributed by atoms with Gasteiger partial charge in [0.15, 0.2) is 0 Å². The molecule has 5 N–H and O–H groups in total. The van der Waals surface area contributed by atoms with Crippen LogP contribution in [0, 0.1) is 0 Å². The molecule has 0 aliphatic rings. The van der Waals surface area contributed by atoms with E-state index < -0.39 is 60.1 Å². The fourth-order valence-electron chi connectivity index (χ4n) is 3.08. The largest absolute Gasteiger partial charge is 0.481 e. The van der Waals surface area contributed by atoms with Gasteiger partial charge in [-0.25, -0.2) is 14.4 Å². The van der Waals surface area contributed by atoms with Gasteiger partial charge >= 0.3 is 41.8 Å². The van der Waals surface area contributed by atoms with E-state index in [1.165, 1.54) is 24.3 Å². The second kappa shape index (κ2) is 22.1. The van der Waals surface area contributed by atoms with E-state index in [0.717, 1.165) is 12.2 Å². The Morgan fingerprint density at radius 1 is 0.705 bits per heavy atom. The van der Waals surface area contributed by atoms with E-state index in [0.29, 0.717) is 0 Å². The summed E-state index contributed by atoms with van der Waals surface area (Å²) in [4.78, 5) is 78.8. The van der Waals surface area contributed by atoms with Crippen LogP contribution in [0.5, 0.6) is 0 Å². The number of carboxylic acids is 3. The SMILES string of the molecule is CC(O)COC(C)C(O)C=CC(=O)O.O=C(O)CCCCC(=O)OC(=O)c1ccccc1C(=O)OC(=O)CCCCC(=O)O. The first-order chi connectivity index (χ1) is 20.6. The van der Waals surface area contributed by atoms with Crippen molar-refractivity contribution in [3.05, 3.63) is 47.5 Å². The summed E-state index contributed by atoms with van der Waals surface area (Å²) >= 11 is 0. The number of benzene rings is 1. The van der Waals surface area contributed by atoms with Gasteiger partial charge in [0.25, 0.3) is 0 Å². The van der Waals surface area contributed by atoms with Gasteiger partial charge in [-0.05, 0) is 57.7 Å². The molecule has 0 radical (unpaired) electrons. The highest BCUT2D eigenvalue weighted by Gasteiger charge is 2.23. The van der Waals surface area contributed by atoms with Gasteiger partial charge in [-0.2, -0.15) is 0 Å². The minimum atomic E-state index is -1.12. The highest BCUT2D eigenvalue weighted by molar-refractivity contribution is 6.07. The summed E-state index contributed by atoms with van der Waals surface area (Å²) in [5, 5.41) is 43.6. The molecule has 1 aromatic rings. The summed E-state index contributed by atoms with van der Waals surface area (Å²) in [6, 6.07) is 5.32. The Morgan fingerprint density at radius 2 is 1.11 bits per heavy atom. The molecule has 0 aliphatic carbocycles. The fraction of sp³-hybridized carbons (Fsp3) is 0.483. The van der Waals surface area contributed by atoms with Crippen molar-refractivity contribution in [1.29, 1.82) is 0 Å². The van der Waals surface area contributed by atoms with Crippen LogP contribution in [0.2, 0.25) is 0 Å². The average Bonchev–Trinajstić information content (AvgIpc) is 2.95. The Kier molecular flexibility index (Phi) is 19.9. The van der Waals surface area contributed by atoms with Crippen LogP contribution < -0.4 is 0 Å². The molecule has 3 atom stereocenters. The maximum atomic E-state index is 12.2. The molecule has 0 aliphatic heterocycles. The van der Waals surface area contributed by atoms with Gasteiger partial charge in [-0.1, -0.05) is 12.1 Å². The van der Waals surface area contributed by atoms with E-state index in [1.807, 2.05) is 0 Å². The van der Waals surface area contributed by atoms with Crippen LogP contribution in [-0.4, -0.2) is 92.2 Å². The van der Waals surface area contributed by atoms with Gasteiger partial charge in [0, 0.05) is 31.8 Å². The van der Waals surface area contributed by atoms with Gasteiger partial charge in [0.05, 0.1) is 36.0 Å². The Hall–Kier alpha value is -4.47. The summed E-state index contributed by atoms with van der Waals surface area (Å²) in [6.07, 6.45) is 0.241. The number of aliphatic hydroxyl groups is 2. The predicted molar refractivity (Wildman–Crippen MR) is 149 cm³/mol. The van der Waals surface area contributed by atoms with Crippen LogP contribution in [0.4, 0.5) is 0 Å². The molecule has 1 aromatic carbocycles. The molecule has 1 rings (SSSR count). The molecule has 0 saturated heterocycles. The Labute approximate surface area is 253 Å². The predicted octanol–water partition coefficient (Wildman–Crippen LogP) is 2.12. The number of hydrogen-bond acceptors (Lipinski definition) is 12. The molecule has 244 valence electrons. The van der Waals surface area contributed by atoms with Crippen molar-refractivity contribution in [1.82, 2.24) is 0 Å². The topological polar surface area (TPSA) is 248 Å². The lowest BCUT2D eigenvalue weighted by Gasteiger charge is -2.17. The number of unbranched alkanes of at least 4 members (excludes halogenated alkanes) is 2. The van der Waals surface area contributed by atoms with E-state index in [-0.39, 0.29) is 69.1 Å². The number of carbonyl (C=O) groups excluding carboxylic acids is 4. The summed E-state index contributed by atoms with van der Waals surface area (Å²) in [5.41, 5.74) is -0.528. The zero-order valence-electron chi connectivity index (χ0n) is 24.4. The Morgan fingerprint density at radius 3 is 1.48 bits per heavy atom. The first-order valence-electron chi connectivity index (χ1n) is 13.6. The van der Waals surface area contributed by atoms with Crippen molar-refractivity contribution in [2.45, 2.75) is 83.5 Å². The third-order valence-corrected chi connectivity index (χ3v) is 5.34. The van der Waals surface area contributed by atoms with Crippen molar-refractivity contribution >= 4 is 41.8 Å². The van der Waals surface area contributed by atoms with Gasteiger partial charge in [0.1, 0.15) is 0 Å². The lowest BCUT2D eigenvalue weighted by Crippen LogP contribution is -2.27. The van der Waals surface area contributed by atoms with Gasteiger partial charge in [0.2, 0.25) is 0 Å². The van der Waals surface area contributed by atoms with Crippen molar-refractivity contribution in [3.63, 3.8) is 0 Å². The summed E-state index contributed by atoms with van der Waals surface area (Å²) in [5.74, 6) is -7.05. The molecule has 0 amide bonds. The van der Waals surface area contributed by atoms with Crippen LogP contribution in [0.15, 0.2) is 36.4 Å². The smallest absolute Gasteiger partial charge is 0.346 e. The lowest BCUT2D eigenvalue weighted by atomic mass is 10.1. The number of ether oxygens (including phenoxy) is 3. The zero-order chi connectivity index (χ0) is 33.7. The summed E-state index contributed by atoms with van der Waals surface area (Å²) in [6.45, 7) is 3.27. The number of aliphatic carboxylic acids is 3. The maximum absolute atomic E-state index is 12.2. The van der Waals surface area contributed by atoms with Crippen LogP contribution in [-0.2, 0) is 38.2 Å². The minimum Gasteiger partial charge on any atom is -0.481 e. The normalized spacial score (nSPS) is 12.6. The molecule has 15 heteroatoms. The van der Waals surface area contributed by atoms with E-state index >= 15 is 0 Å². The Balaban J connectivity index is 0.00000111. The lowest BCUT2D eigenvalue weighted by molar-refractivity contribution is -0.140. The summed E-state index contributed by atoms with van der Waals surface area (Å²) in [7, 11) is 0. The first kappa shape index (κ1) is 39.5. The Bertz CT molecular complexity index is 1090. The number of rotatable bonds is 18. The molecule has 0 aromatic heterocycles.